The van der Waals surface area contributed by atoms with E-state index in [0.29, 0.717) is 0 Å². The van der Waals surface area contributed by atoms with Crippen molar-refractivity contribution in [2.24, 2.45) is 0 Å². The van der Waals surface area contributed by atoms with Gasteiger partial charge in [-0.15, -0.1) is 5.10 Å². The van der Waals surface area contributed by atoms with Gasteiger partial charge in [-0.25, -0.2) is 0 Å². The zero-order valence-corrected chi connectivity index (χ0v) is 15.0. The van der Waals surface area contributed by atoms with Gasteiger partial charge in [0, 0.05) is 5.56 Å². The van der Waals surface area contributed by atoms with Crippen molar-refractivity contribution in [3.63, 3.8) is 0 Å². The monoisotopic (exact) mass is 320 g/mol. The molecule has 2 rings (SSSR count). The van der Waals surface area contributed by atoms with Gasteiger partial charge in [-0.1, -0.05) is 57.6 Å². The summed E-state index contributed by atoms with van der Waals surface area (Å²) in [6.45, 7) is 4.45. The van der Waals surface area contributed by atoms with E-state index in [1.807, 2.05) is 6.07 Å². The van der Waals surface area contributed by atoms with Crippen molar-refractivity contribution in [3.05, 3.63) is 58.9 Å². The van der Waals surface area contributed by atoms with Gasteiger partial charge in [0.15, 0.2) is 0 Å². The Balaban J connectivity index is 1.88. The van der Waals surface area contributed by atoms with Crippen LogP contribution in [0.3, 0.4) is 0 Å². The third-order valence-corrected chi connectivity index (χ3v) is 4.11. The third kappa shape index (κ3) is 6.54. The highest BCUT2D eigenvalue weighted by atomic mass is 15.1. The summed E-state index contributed by atoms with van der Waals surface area (Å²) in [6, 6.07) is 12.6. The van der Waals surface area contributed by atoms with E-state index in [2.05, 4.69) is 66.2 Å². The second-order valence-corrected chi connectivity index (χ2v) is 6.27. The smallest absolute Gasteiger partial charge is 0.136 e. The van der Waals surface area contributed by atoms with Gasteiger partial charge >= 0.3 is 0 Å². The summed E-state index contributed by atoms with van der Waals surface area (Å²) < 4.78 is 0. The van der Waals surface area contributed by atoms with Crippen molar-refractivity contribution in [2.75, 3.05) is 0 Å². The van der Waals surface area contributed by atoms with Gasteiger partial charge in [0.25, 0.3) is 0 Å². The number of hydrogen-bond acceptors (Lipinski definition) is 2. The molecule has 0 unspecified atom stereocenters. The van der Waals surface area contributed by atoms with Gasteiger partial charge in [0.2, 0.25) is 0 Å². The van der Waals surface area contributed by atoms with Crippen molar-refractivity contribution >= 4 is 0 Å². The zero-order valence-electron chi connectivity index (χ0n) is 15.0. The van der Waals surface area contributed by atoms with Gasteiger partial charge in [-0.3, -0.25) is 0 Å². The molecular formula is C22H28N2. The van der Waals surface area contributed by atoms with Crippen molar-refractivity contribution in [1.82, 2.24) is 10.2 Å². The molecule has 126 valence electrons. The number of rotatable bonds is 8. The molecule has 0 N–H and O–H groups in total. The molecule has 0 atom stereocenters. The molecule has 0 aliphatic carbocycles. The first-order chi connectivity index (χ1) is 11.8. The number of hydrogen-bond donors (Lipinski definition) is 0. The molecule has 2 heteroatoms. The van der Waals surface area contributed by atoms with Crippen LogP contribution in [0.2, 0.25) is 0 Å². The average molecular weight is 320 g/mol. The topological polar surface area (TPSA) is 25.8 Å². The first-order valence-corrected chi connectivity index (χ1v) is 9.25. The molecule has 0 spiro atoms. The number of nitrogens with zero attached hydrogens (tertiary/aromatic N) is 2. The average Bonchev–Trinajstić information content (AvgIpc) is 2.64. The van der Waals surface area contributed by atoms with Crippen molar-refractivity contribution < 1.29 is 0 Å². The van der Waals surface area contributed by atoms with Crippen LogP contribution in [-0.2, 0) is 12.8 Å². The Bertz CT molecular complexity index is 645. The minimum atomic E-state index is 0.738. The fraction of sp³-hybridized carbons (Fsp3) is 0.455. The second kappa shape index (κ2) is 10.6. The predicted octanol–water partition coefficient (Wildman–Crippen LogP) is 5.34. The maximum absolute atomic E-state index is 4.28. The van der Waals surface area contributed by atoms with Crippen LogP contribution in [0, 0.1) is 11.8 Å². The van der Waals surface area contributed by atoms with Gasteiger partial charge in [-0.2, -0.15) is 5.10 Å². The third-order valence-electron chi connectivity index (χ3n) is 4.11. The first-order valence-electron chi connectivity index (χ1n) is 9.25. The van der Waals surface area contributed by atoms with Crippen molar-refractivity contribution in [3.8, 4) is 11.8 Å². The lowest BCUT2D eigenvalue weighted by molar-refractivity contribution is 0.656. The molecule has 1 aromatic carbocycles. The summed E-state index contributed by atoms with van der Waals surface area (Å²) in [5.74, 6) is 6.27. The van der Waals surface area contributed by atoms with Crippen LogP contribution < -0.4 is 0 Å². The molecule has 0 saturated carbocycles. The van der Waals surface area contributed by atoms with E-state index >= 15 is 0 Å². The number of benzene rings is 1. The molecule has 0 amide bonds. The Morgan fingerprint density at radius 3 is 2.17 bits per heavy atom. The molecular weight excluding hydrogens is 292 g/mol. The van der Waals surface area contributed by atoms with Gasteiger partial charge in [0.1, 0.15) is 5.69 Å². The fourth-order valence-electron chi connectivity index (χ4n) is 2.56. The summed E-state index contributed by atoms with van der Waals surface area (Å²) in [5, 5.41) is 8.51. The van der Waals surface area contributed by atoms with Crippen LogP contribution in [0.1, 0.15) is 74.9 Å². The lowest BCUT2D eigenvalue weighted by atomic mass is 10.1. The lowest BCUT2D eigenvalue weighted by Gasteiger charge is -2.00. The zero-order chi connectivity index (χ0) is 17.0. The molecule has 2 aromatic rings. The number of aromatic nitrogens is 2. The molecule has 0 bridgehead atoms. The van der Waals surface area contributed by atoms with E-state index in [1.165, 1.54) is 44.1 Å². The molecule has 0 saturated heterocycles. The van der Waals surface area contributed by atoms with Gasteiger partial charge in [-0.05, 0) is 61.4 Å². The minimum absolute atomic E-state index is 0.738. The van der Waals surface area contributed by atoms with Crippen molar-refractivity contribution in [1.29, 1.82) is 0 Å². The van der Waals surface area contributed by atoms with Crippen LogP contribution in [0.25, 0.3) is 0 Å². The van der Waals surface area contributed by atoms with E-state index in [9.17, 15) is 0 Å². The number of unbranched alkanes of at least 4 members (excludes halogenated alkanes) is 4. The minimum Gasteiger partial charge on any atom is -0.154 e. The van der Waals surface area contributed by atoms with Crippen molar-refractivity contribution in [2.45, 2.75) is 65.2 Å². The van der Waals surface area contributed by atoms with E-state index in [-0.39, 0.29) is 0 Å². The summed E-state index contributed by atoms with van der Waals surface area (Å²) in [4.78, 5) is 0. The van der Waals surface area contributed by atoms with Gasteiger partial charge < -0.3 is 0 Å². The molecule has 1 heterocycles. The second-order valence-electron chi connectivity index (χ2n) is 6.27. The summed E-state index contributed by atoms with van der Waals surface area (Å²) in [7, 11) is 0. The van der Waals surface area contributed by atoms with E-state index in [1.54, 1.807) is 0 Å². The highest BCUT2D eigenvalue weighted by molar-refractivity contribution is 5.40. The van der Waals surface area contributed by atoms with E-state index < -0.39 is 0 Å². The maximum Gasteiger partial charge on any atom is 0.136 e. The Labute approximate surface area is 146 Å². The van der Waals surface area contributed by atoms with Crippen LogP contribution in [-0.4, -0.2) is 10.2 Å². The molecule has 24 heavy (non-hydrogen) atoms. The summed E-state index contributed by atoms with van der Waals surface area (Å²) in [6.07, 6.45) is 9.66. The molecule has 0 radical (unpaired) electrons. The maximum atomic E-state index is 4.28. The Kier molecular flexibility index (Phi) is 8.04. The predicted molar refractivity (Wildman–Crippen MR) is 101 cm³/mol. The molecule has 0 aliphatic heterocycles. The van der Waals surface area contributed by atoms with E-state index in [0.717, 1.165) is 29.8 Å². The first kappa shape index (κ1) is 18.2. The highest BCUT2D eigenvalue weighted by Gasteiger charge is 1.97. The van der Waals surface area contributed by atoms with Crippen LogP contribution in [0.15, 0.2) is 36.4 Å². The fourth-order valence-corrected chi connectivity index (χ4v) is 2.56. The van der Waals surface area contributed by atoms with E-state index in [4.69, 9.17) is 0 Å². The normalized spacial score (nSPS) is 10.2. The molecule has 0 fully saturated rings. The summed E-state index contributed by atoms with van der Waals surface area (Å²) >= 11 is 0. The molecule has 0 aliphatic rings. The molecule has 1 aromatic heterocycles. The lowest BCUT2D eigenvalue weighted by Crippen LogP contribution is -1.95. The SMILES string of the molecule is CCCCCCc1ccc(C#Cc2ccc(CCCC)cc2)nn1. The number of aryl methyl sites for hydroxylation is 2. The van der Waals surface area contributed by atoms with Gasteiger partial charge in [0.05, 0.1) is 5.69 Å². The quantitative estimate of drug-likeness (QED) is 0.484. The standard InChI is InChI=1S/C22H28N2/c1-3-5-7-8-10-21-17-18-22(24-23-21)16-15-20-13-11-19(12-14-20)9-6-4-2/h11-14,17-18H,3-10H2,1-2H3. The van der Waals surface area contributed by atoms with Crippen LogP contribution >= 0.6 is 0 Å². The summed E-state index contributed by atoms with van der Waals surface area (Å²) in [5.41, 5.74) is 4.22. The Hall–Kier alpha value is -2.14. The van der Waals surface area contributed by atoms with Crippen LogP contribution in [0.5, 0.6) is 0 Å². The Morgan fingerprint density at radius 2 is 1.50 bits per heavy atom. The van der Waals surface area contributed by atoms with Crippen LogP contribution in [0.4, 0.5) is 0 Å². The Morgan fingerprint density at radius 1 is 0.708 bits per heavy atom. The highest BCUT2D eigenvalue weighted by Crippen LogP contribution is 2.08. The largest absolute Gasteiger partial charge is 0.154 e. The molecule has 2 nitrogen and oxygen atoms in total.